The van der Waals surface area contributed by atoms with Gasteiger partial charge in [0.2, 0.25) is 0 Å². The minimum Gasteiger partial charge on any atom is -0.382 e. The number of para-hydroxylation sites is 1. The van der Waals surface area contributed by atoms with Crippen LogP contribution in [0.5, 0.6) is 0 Å². The fourth-order valence-electron chi connectivity index (χ4n) is 3.35. The second-order valence-electron chi connectivity index (χ2n) is 7.61. The topological polar surface area (TPSA) is 90.8 Å². The van der Waals surface area contributed by atoms with E-state index >= 15 is 0 Å². The summed E-state index contributed by atoms with van der Waals surface area (Å²) in [5.74, 6) is -0.185. The highest BCUT2D eigenvalue weighted by Crippen LogP contribution is 2.33. The minimum atomic E-state index is -4.99. The van der Waals surface area contributed by atoms with Crippen molar-refractivity contribution < 1.29 is 31.4 Å². The van der Waals surface area contributed by atoms with E-state index in [1.807, 2.05) is 0 Å². The highest BCUT2D eigenvalue weighted by atomic mass is 35.5. The van der Waals surface area contributed by atoms with Gasteiger partial charge in [-0.15, -0.1) is 10.2 Å². The molecule has 0 aliphatic heterocycles. The van der Waals surface area contributed by atoms with E-state index < -0.39 is 42.8 Å². The maximum absolute atomic E-state index is 13.3. The summed E-state index contributed by atoms with van der Waals surface area (Å²) >= 11 is 5.85. The van der Waals surface area contributed by atoms with Crippen molar-refractivity contribution in [2.24, 2.45) is 0 Å². The number of hydrogen-bond donors (Lipinski definition) is 1. The number of halogens is 7. The predicted molar refractivity (Wildman–Crippen MR) is 114 cm³/mol. The summed E-state index contributed by atoms with van der Waals surface area (Å²) in [7, 11) is 0. The molecular formula is C21H15ClF6N6O2. The molecule has 0 saturated heterocycles. The Kier molecular flexibility index (Phi) is 6.66. The standard InChI is InChI=1S/C21H15ClF6N6O2/c22-13-7-5-12(6-8-13)18-30-34(19(36)32(18)11-17(35)21(26,27)28)10-14-9-33(31-29-14)16-4-2-1-3-15(16)20(23,24)25/h1-9,17,35H,10-11H2. The summed E-state index contributed by atoms with van der Waals surface area (Å²) in [5.41, 5.74) is -2.02. The fourth-order valence-corrected chi connectivity index (χ4v) is 3.48. The molecule has 0 radical (unpaired) electrons. The molecule has 1 atom stereocenters. The van der Waals surface area contributed by atoms with E-state index in [1.165, 1.54) is 42.5 Å². The van der Waals surface area contributed by atoms with Crippen LogP contribution in [-0.2, 0) is 19.3 Å². The van der Waals surface area contributed by atoms with Crippen LogP contribution >= 0.6 is 11.6 Å². The summed E-state index contributed by atoms with van der Waals surface area (Å²) in [6.45, 7) is -1.55. The lowest BCUT2D eigenvalue weighted by Crippen LogP contribution is -2.37. The van der Waals surface area contributed by atoms with Gasteiger partial charge in [-0.25, -0.2) is 14.2 Å². The van der Waals surface area contributed by atoms with Crippen molar-refractivity contribution in [1.82, 2.24) is 29.3 Å². The van der Waals surface area contributed by atoms with E-state index in [0.29, 0.717) is 9.59 Å². The molecule has 4 aromatic rings. The van der Waals surface area contributed by atoms with Crippen molar-refractivity contribution in [3.05, 3.63) is 81.5 Å². The number of rotatable bonds is 6. The van der Waals surface area contributed by atoms with Crippen LogP contribution in [0.4, 0.5) is 26.3 Å². The summed E-state index contributed by atoms with van der Waals surface area (Å²) in [5, 5.41) is 21.4. The van der Waals surface area contributed by atoms with Gasteiger partial charge in [0.1, 0.15) is 5.69 Å². The largest absolute Gasteiger partial charge is 0.418 e. The van der Waals surface area contributed by atoms with Gasteiger partial charge in [0.15, 0.2) is 11.9 Å². The second kappa shape index (κ2) is 9.43. The van der Waals surface area contributed by atoms with Gasteiger partial charge in [-0.2, -0.15) is 26.3 Å². The quantitative estimate of drug-likeness (QED) is 0.380. The summed E-state index contributed by atoms with van der Waals surface area (Å²) in [6.07, 6.45) is -11.4. The zero-order valence-electron chi connectivity index (χ0n) is 17.9. The molecule has 36 heavy (non-hydrogen) atoms. The van der Waals surface area contributed by atoms with Crippen LogP contribution in [0, 0.1) is 0 Å². The van der Waals surface area contributed by atoms with Gasteiger partial charge in [-0.1, -0.05) is 28.9 Å². The molecule has 0 aliphatic carbocycles. The third-order valence-corrected chi connectivity index (χ3v) is 5.32. The van der Waals surface area contributed by atoms with Crippen molar-refractivity contribution in [3.8, 4) is 17.1 Å². The first-order valence-electron chi connectivity index (χ1n) is 10.1. The zero-order valence-corrected chi connectivity index (χ0v) is 18.6. The monoisotopic (exact) mass is 532 g/mol. The fraction of sp³-hybridized carbons (Fsp3) is 0.238. The highest BCUT2D eigenvalue weighted by molar-refractivity contribution is 6.30. The third-order valence-electron chi connectivity index (χ3n) is 5.07. The first-order chi connectivity index (χ1) is 16.8. The Morgan fingerprint density at radius 3 is 2.31 bits per heavy atom. The van der Waals surface area contributed by atoms with Crippen LogP contribution in [0.1, 0.15) is 11.3 Å². The number of nitrogens with zero attached hydrogens (tertiary/aromatic N) is 6. The molecular weight excluding hydrogens is 518 g/mol. The molecule has 15 heteroatoms. The van der Waals surface area contributed by atoms with Crippen molar-refractivity contribution in [2.75, 3.05) is 0 Å². The van der Waals surface area contributed by atoms with Crippen LogP contribution in [-0.4, -0.2) is 46.7 Å². The average molecular weight is 533 g/mol. The lowest BCUT2D eigenvalue weighted by atomic mass is 10.1. The Balaban J connectivity index is 1.71. The Bertz CT molecular complexity index is 1420. The maximum Gasteiger partial charge on any atom is 0.418 e. The van der Waals surface area contributed by atoms with Gasteiger partial charge in [0.05, 0.1) is 30.5 Å². The predicted octanol–water partition coefficient (Wildman–Crippen LogP) is 3.94. The van der Waals surface area contributed by atoms with Crippen LogP contribution in [0.15, 0.2) is 59.5 Å². The van der Waals surface area contributed by atoms with Gasteiger partial charge < -0.3 is 5.11 Å². The summed E-state index contributed by atoms with van der Waals surface area (Å²) in [4.78, 5) is 12.9. The number of alkyl halides is 6. The third kappa shape index (κ3) is 5.28. The lowest BCUT2D eigenvalue weighted by Gasteiger charge is -2.15. The van der Waals surface area contributed by atoms with Gasteiger partial charge in [-0.05, 0) is 36.4 Å². The van der Waals surface area contributed by atoms with Crippen molar-refractivity contribution >= 4 is 11.6 Å². The molecule has 8 nitrogen and oxygen atoms in total. The molecule has 2 aromatic heterocycles. The minimum absolute atomic E-state index is 0.0118. The molecule has 0 saturated carbocycles. The van der Waals surface area contributed by atoms with E-state index in [4.69, 9.17) is 11.6 Å². The normalized spacial score (nSPS) is 13.2. The molecule has 0 spiro atoms. The number of aromatic nitrogens is 6. The van der Waals surface area contributed by atoms with Gasteiger partial charge in [-0.3, -0.25) is 4.57 Å². The van der Waals surface area contributed by atoms with Crippen molar-refractivity contribution in [2.45, 2.75) is 31.5 Å². The molecule has 4 rings (SSSR count). The lowest BCUT2D eigenvalue weighted by molar-refractivity contribution is -0.207. The average Bonchev–Trinajstić information content (AvgIpc) is 3.39. The molecule has 0 aliphatic rings. The van der Waals surface area contributed by atoms with Crippen LogP contribution in [0.2, 0.25) is 5.02 Å². The number of aliphatic hydroxyl groups is 1. The van der Waals surface area contributed by atoms with Gasteiger partial charge in [0, 0.05) is 10.6 Å². The Morgan fingerprint density at radius 1 is 1.00 bits per heavy atom. The molecule has 190 valence electrons. The molecule has 1 N–H and O–H groups in total. The zero-order chi connectivity index (χ0) is 26.3. The summed E-state index contributed by atoms with van der Waals surface area (Å²) in [6, 6.07) is 10.4. The van der Waals surface area contributed by atoms with Crippen LogP contribution < -0.4 is 5.69 Å². The SMILES string of the molecule is O=c1n(Cc2cn(-c3ccccc3C(F)(F)F)nn2)nc(-c2ccc(Cl)cc2)n1CC(O)C(F)(F)F. The number of benzene rings is 2. The maximum atomic E-state index is 13.3. The molecule has 0 amide bonds. The molecule has 2 heterocycles. The number of hydrogen-bond acceptors (Lipinski definition) is 5. The smallest absolute Gasteiger partial charge is 0.382 e. The van der Waals surface area contributed by atoms with E-state index in [9.17, 15) is 36.2 Å². The first kappa shape index (κ1) is 25.4. The van der Waals surface area contributed by atoms with E-state index in [-0.39, 0.29) is 22.8 Å². The van der Waals surface area contributed by atoms with Gasteiger partial charge in [0.25, 0.3) is 0 Å². The molecule has 2 aromatic carbocycles. The number of aliphatic hydroxyl groups excluding tert-OH is 1. The Labute approximate surface area is 203 Å². The summed E-state index contributed by atoms with van der Waals surface area (Å²) < 4.78 is 81.2. The van der Waals surface area contributed by atoms with E-state index in [2.05, 4.69) is 15.4 Å². The molecule has 1 unspecified atom stereocenters. The highest BCUT2D eigenvalue weighted by Gasteiger charge is 2.39. The van der Waals surface area contributed by atoms with E-state index in [1.54, 1.807) is 0 Å². The molecule has 0 bridgehead atoms. The van der Waals surface area contributed by atoms with Gasteiger partial charge >= 0.3 is 18.0 Å². The Morgan fingerprint density at radius 2 is 1.67 bits per heavy atom. The second-order valence-corrected chi connectivity index (χ2v) is 8.04. The first-order valence-corrected chi connectivity index (χ1v) is 10.5. The van der Waals surface area contributed by atoms with Crippen molar-refractivity contribution in [3.63, 3.8) is 0 Å². The molecule has 0 fully saturated rings. The Hall–Kier alpha value is -3.65. The van der Waals surface area contributed by atoms with E-state index in [0.717, 1.165) is 21.6 Å². The van der Waals surface area contributed by atoms with Crippen LogP contribution in [0.25, 0.3) is 17.1 Å². The van der Waals surface area contributed by atoms with Crippen molar-refractivity contribution in [1.29, 1.82) is 0 Å². The van der Waals surface area contributed by atoms with Crippen LogP contribution in [0.3, 0.4) is 0 Å².